The van der Waals surface area contributed by atoms with Gasteiger partial charge in [-0.1, -0.05) is 31.0 Å². The summed E-state index contributed by atoms with van der Waals surface area (Å²) in [6.45, 7) is 7.79. The number of nitrogens with one attached hydrogen (secondary N) is 1. The number of likely N-dealkylation sites (tertiary alicyclic amines) is 1. The Labute approximate surface area is 182 Å². The van der Waals surface area contributed by atoms with Gasteiger partial charge in [0.25, 0.3) is 0 Å². The molecule has 0 aromatic heterocycles. The SMILES string of the molecule is CC[C@@H]1CCCCN1CCCNC(=O)[C@@H]1CCCN(S(=O)(=O)c2ccc(C)cc2)C1. The Morgan fingerprint density at radius 1 is 1.10 bits per heavy atom. The zero-order valence-corrected chi connectivity index (χ0v) is 19.3. The minimum Gasteiger partial charge on any atom is -0.356 e. The molecule has 1 amide bonds. The number of hydrogen-bond donors (Lipinski definition) is 1. The van der Waals surface area contributed by atoms with Crippen molar-refractivity contribution in [2.24, 2.45) is 5.92 Å². The quantitative estimate of drug-likeness (QED) is 0.637. The van der Waals surface area contributed by atoms with E-state index in [-0.39, 0.29) is 18.4 Å². The number of carbonyl (C=O) groups is 1. The molecule has 2 aliphatic heterocycles. The summed E-state index contributed by atoms with van der Waals surface area (Å²) in [6, 6.07) is 7.61. The van der Waals surface area contributed by atoms with Crippen LogP contribution in [-0.2, 0) is 14.8 Å². The van der Waals surface area contributed by atoms with Gasteiger partial charge in [0.15, 0.2) is 0 Å². The third-order valence-electron chi connectivity index (χ3n) is 6.56. The van der Waals surface area contributed by atoms with Crippen molar-refractivity contribution in [1.29, 1.82) is 0 Å². The van der Waals surface area contributed by atoms with Crippen LogP contribution in [0.2, 0.25) is 0 Å². The number of nitrogens with zero attached hydrogens (tertiary/aromatic N) is 2. The minimum absolute atomic E-state index is 0.00973. The second kappa shape index (κ2) is 10.7. The molecular weight excluding hydrogens is 398 g/mol. The summed E-state index contributed by atoms with van der Waals surface area (Å²) in [6.07, 6.45) is 7.49. The molecule has 2 saturated heterocycles. The molecule has 6 nitrogen and oxygen atoms in total. The molecule has 30 heavy (non-hydrogen) atoms. The number of benzene rings is 1. The summed E-state index contributed by atoms with van der Waals surface area (Å²) < 4.78 is 27.4. The van der Waals surface area contributed by atoms with Gasteiger partial charge < -0.3 is 10.2 Å². The summed E-state index contributed by atoms with van der Waals surface area (Å²) in [5.41, 5.74) is 1.03. The fourth-order valence-corrected chi connectivity index (χ4v) is 6.21. The number of sulfonamides is 1. The summed E-state index contributed by atoms with van der Waals surface area (Å²) >= 11 is 0. The maximum Gasteiger partial charge on any atom is 0.243 e. The van der Waals surface area contributed by atoms with E-state index in [2.05, 4.69) is 17.1 Å². The van der Waals surface area contributed by atoms with Crippen LogP contribution in [0.15, 0.2) is 29.2 Å². The molecule has 2 aliphatic rings. The molecule has 3 rings (SSSR count). The summed E-state index contributed by atoms with van der Waals surface area (Å²) in [4.78, 5) is 15.5. The second-order valence-corrected chi connectivity index (χ2v) is 10.7. The monoisotopic (exact) mass is 435 g/mol. The molecule has 0 radical (unpaired) electrons. The van der Waals surface area contributed by atoms with Gasteiger partial charge in [0.05, 0.1) is 10.8 Å². The van der Waals surface area contributed by atoms with E-state index in [1.807, 2.05) is 19.1 Å². The zero-order chi connectivity index (χ0) is 21.6. The minimum atomic E-state index is -3.55. The van der Waals surface area contributed by atoms with Crippen molar-refractivity contribution >= 4 is 15.9 Å². The molecule has 2 heterocycles. The van der Waals surface area contributed by atoms with Gasteiger partial charge in [0, 0.05) is 32.2 Å². The van der Waals surface area contributed by atoms with Gasteiger partial charge in [-0.05, 0) is 64.1 Å². The van der Waals surface area contributed by atoms with Crippen LogP contribution >= 0.6 is 0 Å². The molecule has 2 fully saturated rings. The molecule has 1 aromatic carbocycles. The normalized spacial score (nSPS) is 23.9. The number of amides is 1. The third-order valence-corrected chi connectivity index (χ3v) is 8.43. The van der Waals surface area contributed by atoms with Crippen LogP contribution in [-0.4, -0.2) is 62.3 Å². The summed E-state index contributed by atoms with van der Waals surface area (Å²) in [5, 5.41) is 3.06. The molecule has 168 valence electrons. The van der Waals surface area contributed by atoms with Crippen LogP contribution in [0.1, 0.15) is 57.4 Å². The first-order valence-electron chi connectivity index (χ1n) is 11.5. The van der Waals surface area contributed by atoms with Crippen LogP contribution < -0.4 is 5.32 Å². The zero-order valence-electron chi connectivity index (χ0n) is 18.5. The van der Waals surface area contributed by atoms with E-state index >= 15 is 0 Å². The van der Waals surface area contributed by atoms with Crippen molar-refractivity contribution in [1.82, 2.24) is 14.5 Å². The lowest BCUT2D eigenvalue weighted by molar-refractivity contribution is -0.126. The van der Waals surface area contributed by atoms with Gasteiger partial charge in [0.1, 0.15) is 0 Å². The Kier molecular flexibility index (Phi) is 8.31. The highest BCUT2D eigenvalue weighted by molar-refractivity contribution is 7.89. The molecule has 0 aliphatic carbocycles. The Hall–Kier alpha value is -1.44. The standard InChI is InChI=1S/C23H37N3O3S/c1-3-21-9-4-5-15-25(21)16-7-14-24-23(27)20-8-6-17-26(18-20)30(28,29)22-12-10-19(2)11-13-22/h10-13,20-21H,3-9,14-18H2,1-2H3,(H,24,27)/t20-,21-/m1/s1. The van der Waals surface area contributed by atoms with Crippen molar-refractivity contribution in [2.45, 2.75) is 69.7 Å². The van der Waals surface area contributed by atoms with Crippen molar-refractivity contribution in [3.63, 3.8) is 0 Å². The second-order valence-electron chi connectivity index (χ2n) is 8.75. The largest absolute Gasteiger partial charge is 0.356 e. The first kappa shape index (κ1) is 23.2. The van der Waals surface area contributed by atoms with E-state index in [4.69, 9.17) is 0 Å². The van der Waals surface area contributed by atoms with E-state index in [1.54, 1.807) is 12.1 Å². The smallest absolute Gasteiger partial charge is 0.243 e. The maximum atomic E-state index is 13.0. The number of carbonyl (C=O) groups excluding carboxylic acids is 1. The first-order chi connectivity index (χ1) is 14.4. The van der Waals surface area contributed by atoms with E-state index < -0.39 is 10.0 Å². The highest BCUT2D eigenvalue weighted by Crippen LogP contribution is 2.24. The number of hydrogen-bond acceptors (Lipinski definition) is 4. The number of rotatable bonds is 8. The van der Waals surface area contributed by atoms with Crippen molar-refractivity contribution in [3.8, 4) is 0 Å². The van der Waals surface area contributed by atoms with Gasteiger partial charge in [-0.15, -0.1) is 0 Å². The molecule has 2 atom stereocenters. The van der Waals surface area contributed by atoms with Gasteiger partial charge in [-0.2, -0.15) is 4.31 Å². The van der Waals surface area contributed by atoms with Gasteiger partial charge in [-0.25, -0.2) is 8.42 Å². The predicted molar refractivity (Wildman–Crippen MR) is 120 cm³/mol. The number of piperidine rings is 2. The Bertz CT molecular complexity index is 794. The van der Waals surface area contributed by atoms with Crippen molar-refractivity contribution in [3.05, 3.63) is 29.8 Å². The van der Waals surface area contributed by atoms with Crippen LogP contribution in [0.5, 0.6) is 0 Å². The average Bonchev–Trinajstić information content (AvgIpc) is 2.77. The van der Waals surface area contributed by atoms with E-state index in [0.717, 1.165) is 31.4 Å². The van der Waals surface area contributed by atoms with E-state index in [9.17, 15) is 13.2 Å². The summed E-state index contributed by atoms with van der Waals surface area (Å²) in [5.74, 6) is -0.276. The predicted octanol–water partition coefficient (Wildman–Crippen LogP) is 3.17. The lowest BCUT2D eigenvalue weighted by Gasteiger charge is -2.35. The average molecular weight is 436 g/mol. The first-order valence-corrected chi connectivity index (χ1v) is 12.9. The van der Waals surface area contributed by atoms with Crippen LogP contribution in [0.4, 0.5) is 0 Å². The molecule has 1 aromatic rings. The van der Waals surface area contributed by atoms with E-state index in [0.29, 0.717) is 24.0 Å². The molecule has 0 spiro atoms. The van der Waals surface area contributed by atoms with Gasteiger partial charge in [0.2, 0.25) is 15.9 Å². The van der Waals surface area contributed by atoms with Crippen LogP contribution in [0, 0.1) is 12.8 Å². The Morgan fingerprint density at radius 2 is 1.87 bits per heavy atom. The molecule has 0 unspecified atom stereocenters. The fourth-order valence-electron chi connectivity index (χ4n) is 4.69. The van der Waals surface area contributed by atoms with Crippen LogP contribution in [0.3, 0.4) is 0 Å². The summed E-state index contributed by atoms with van der Waals surface area (Å²) in [7, 11) is -3.55. The van der Waals surface area contributed by atoms with E-state index in [1.165, 1.54) is 36.5 Å². The Morgan fingerprint density at radius 3 is 2.60 bits per heavy atom. The van der Waals surface area contributed by atoms with Crippen molar-refractivity contribution in [2.75, 3.05) is 32.7 Å². The lowest BCUT2D eigenvalue weighted by atomic mass is 9.98. The lowest BCUT2D eigenvalue weighted by Crippen LogP contribution is -2.46. The Balaban J connectivity index is 1.47. The van der Waals surface area contributed by atoms with Gasteiger partial charge in [-0.3, -0.25) is 4.79 Å². The molecular formula is C23H37N3O3S. The van der Waals surface area contributed by atoms with Gasteiger partial charge >= 0.3 is 0 Å². The molecule has 1 N–H and O–H groups in total. The molecule has 0 saturated carbocycles. The molecule has 7 heteroatoms. The topological polar surface area (TPSA) is 69.7 Å². The van der Waals surface area contributed by atoms with Crippen LogP contribution in [0.25, 0.3) is 0 Å². The number of aryl methyl sites for hydroxylation is 1. The third kappa shape index (κ3) is 5.83. The maximum absolute atomic E-state index is 13.0. The van der Waals surface area contributed by atoms with Crippen molar-refractivity contribution < 1.29 is 13.2 Å². The highest BCUT2D eigenvalue weighted by Gasteiger charge is 2.33. The molecule has 0 bridgehead atoms. The highest BCUT2D eigenvalue weighted by atomic mass is 32.2. The fraction of sp³-hybridized carbons (Fsp3) is 0.696.